The van der Waals surface area contributed by atoms with E-state index in [0.29, 0.717) is 6.61 Å². The molecule has 0 aromatic rings. The van der Waals surface area contributed by atoms with Gasteiger partial charge < -0.3 is 4.74 Å². The smallest absolute Gasteiger partial charge is 0.319 e. The third-order valence-corrected chi connectivity index (χ3v) is 4.25. The summed E-state index contributed by atoms with van der Waals surface area (Å²) in [4.78, 5) is 23.9. The van der Waals surface area contributed by atoms with Crippen LogP contribution in [0.2, 0.25) is 0 Å². The van der Waals surface area contributed by atoms with E-state index < -0.39 is 11.4 Å². The van der Waals surface area contributed by atoms with Gasteiger partial charge in [-0.15, -0.1) is 0 Å². The molecule has 16 heavy (non-hydrogen) atoms. The van der Waals surface area contributed by atoms with Crippen molar-refractivity contribution in [1.29, 1.82) is 0 Å². The average Bonchev–Trinajstić information content (AvgIpc) is 2.29. The average molecular weight is 244 g/mol. The van der Waals surface area contributed by atoms with Gasteiger partial charge in [-0.2, -0.15) is 11.8 Å². The standard InChI is InChI=1S/C12H20O3S/c1-4-15-11(14)12(2,3)10(13)9-7-5-6-8-16-9/h9H,4-8H2,1-3H3. The molecule has 1 atom stereocenters. The van der Waals surface area contributed by atoms with E-state index in [2.05, 4.69) is 0 Å². The molecule has 1 saturated heterocycles. The Morgan fingerprint density at radius 3 is 2.56 bits per heavy atom. The van der Waals surface area contributed by atoms with Gasteiger partial charge >= 0.3 is 5.97 Å². The highest BCUT2D eigenvalue weighted by Crippen LogP contribution is 2.32. The number of thioether (sulfide) groups is 1. The van der Waals surface area contributed by atoms with Crippen molar-refractivity contribution in [2.75, 3.05) is 12.4 Å². The molecule has 0 N–H and O–H groups in total. The summed E-state index contributed by atoms with van der Waals surface area (Å²) < 4.78 is 4.95. The molecule has 1 fully saturated rings. The molecule has 1 rings (SSSR count). The van der Waals surface area contributed by atoms with E-state index in [9.17, 15) is 9.59 Å². The van der Waals surface area contributed by atoms with Crippen LogP contribution in [0.3, 0.4) is 0 Å². The molecule has 92 valence electrons. The second-order valence-corrected chi connectivity index (χ2v) is 5.88. The van der Waals surface area contributed by atoms with Crippen LogP contribution in [0, 0.1) is 5.41 Å². The lowest BCUT2D eigenvalue weighted by Crippen LogP contribution is -2.41. The Morgan fingerprint density at radius 1 is 1.38 bits per heavy atom. The number of ketones is 1. The highest BCUT2D eigenvalue weighted by Gasteiger charge is 2.41. The maximum absolute atomic E-state index is 12.2. The number of Topliss-reactive ketones (excluding diaryl/α,β-unsaturated/α-hetero) is 1. The van der Waals surface area contributed by atoms with E-state index in [4.69, 9.17) is 4.74 Å². The van der Waals surface area contributed by atoms with Crippen LogP contribution >= 0.6 is 11.8 Å². The lowest BCUT2D eigenvalue weighted by molar-refractivity contribution is -0.157. The highest BCUT2D eigenvalue weighted by atomic mass is 32.2. The maximum Gasteiger partial charge on any atom is 0.319 e. The minimum atomic E-state index is -0.995. The molecule has 0 bridgehead atoms. The number of hydrogen-bond donors (Lipinski definition) is 0. The first-order valence-electron chi connectivity index (χ1n) is 5.83. The van der Waals surface area contributed by atoms with Crippen LogP contribution in [-0.2, 0) is 14.3 Å². The Hall–Kier alpha value is -0.510. The van der Waals surface area contributed by atoms with E-state index in [0.717, 1.165) is 18.6 Å². The van der Waals surface area contributed by atoms with Crippen molar-refractivity contribution in [3.63, 3.8) is 0 Å². The first-order chi connectivity index (χ1) is 7.50. The van der Waals surface area contributed by atoms with Crippen LogP contribution < -0.4 is 0 Å². The Kier molecular flexibility index (Phi) is 4.84. The van der Waals surface area contributed by atoms with Crippen molar-refractivity contribution in [1.82, 2.24) is 0 Å². The minimum Gasteiger partial charge on any atom is -0.465 e. The molecule has 1 aliphatic rings. The Labute approximate surface area is 101 Å². The zero-order chi connectivity index (χ0) is 12.2. The Morgan fingerprint density at radius 2 is 2.06 bits per heavy atom. The normalized spacial score (nSPS) is 21.6. The minimum absolute atomic E-state index is 0.0202. The van der Waals surface area contributed by atoms with Gasteiger partial charge in [0.25, 0.3) is 0 Å². The van der Waals surface area contributed by atoms with Gasteiger partial charge in [0, 0.05) is 0 Å². The summed E-state index contributed by atoms with van der Waals surface area (Å²) in [5.74, 6) is 0.650. The van der Waals surface area contributed by atoms with Crippen LogP contribution in [0.1, 0.15) is 40.0 Å². The number of carbonyl (C=O) groups excluding carboxylic acids is 2. The molecule has 0 aromatic carbocycles. The summed E-state index contributed by atoms with van der Waals surface area (Å²) in [5.41, 5.74) is -0.995. The second kappa shape index (κ2) is 5.71. The predicted molar refractivity (Wildman–Crippen MR) is 65.5 cm³/mol. The fourth-order valence-corrected chi connectivity index (χ4v) is 3.20. The molecule has 3 nitrogen and oxygen atoms in total. The van der Waals surface area contributed by atoms with Crippen molar-refractivity contribution in [2.24, 2.45) is 5.41 Å². The van der Waals surface area contributed by atoms with Crippen molar-refractivity contribution in [3.8, 4) is 0 Å². The summed E-state index contributed by atoms with van der Waals surface area (Å²) in [6, 6.07) is 0. The summed E-state index contributed by atoms with van der Waals surface area (Å²) in [5, 5.41) is -0.0202. The van der Waals surface area contributed by atoms with Crippen LogP contribution in [0.4, 0.5) is 0 Å². The summed E-state index contributed by atoms with van der Waals surface area (Å²) >= 11 is 1.68. The van der Waals surface area contributed by atoms with Crippen LogP contribution in [0.25, 0.3) is 0 Å². The molecule has 0 aromatic heterocycles. The molecular formula is C12H20O3S. The van der Waals surface area contributed by atoms with Crippen molar-refractivity contribution >= 4 is 23.5 Å². The summed E-state index contributed by atoms with van der Waals surface area (Å²) in [6.07, 6.45) is 3.16. The largest absolute Gasteiger partial charge is 0.465 e. The van der Waals surface area contributed by atoms with E-state index in [-0.39, 0.29) is 11.0 Å². The van der Waals surface area contributed by atoms with Crippen molar-refractivity contribution in [2.45, 2.75) is 45.3 Å². The first-order valence-corrected chi connectivity index (χ1v) is 6.88. The number of rotatable bonds is 4. The monoisotopic (exact) mass is 244 g/mol. The summed E-state index contributed by atoms with van der Waals surface area (Å²) in [6.45, 7) is 5.42. The predicted octanol–water partition coefficient (Wildman–Crippen LogP) is 2.43. The molecule has 0 amide bonds. The zero-order valence-electron chi connectivity index (χ0n) is 10.2. The van der Waals surface area contributed by atoms with E-state index in [1.165, 1.54) is 6.42 Å². The lowest BCUT2D eigenvalue weighted by Gasteiger charge is -2.28. The van der Waals surface area contributed by atoms with Crippen LogP contribution in [0.5, 0.6) is 0 Å². The fraction of sp³-hybridized carbons (Fsp3) is 0.833. The number of carbonyl (C=O) groups is 2. The van der Waals surface area contributed by atoms with Crippen molar-refractivity contribution < 1.29 is 14.3 Å². The van der Waals surface area contributed by atoms with E-state index in [1.807, 2.05) is 0 Å². The quantitative estimate of drug-likeness (QED) is 0.563. The van der Waals surface area contributed by atoms with Gasteiger partial charge in [-0.05, 0) is 39.4 Å². The highest BCUT2D eigenvalue weighted by molar-refractivity contribution is 8.00. The van der Waals surface area contributed by atoms with Gasteiger partial charge in [-0.3, -0.25) is 9.59 Å². The lowest BCUT2D eigenvalue weighted by atomic mass is 9.85. The molecule has 0 aliphatic carbocycles. The van der Waals surface area contributed by atoms with E-state index >= 15 is 0 Å². The molecule has 0 spiro atoms. The first kappa shape index (κ1) is 13.6. The number of ether oxygens (including phenoxy) is 1. The molecule has 1 aliphatic heterocycles. The van der Waals surface area contributed by atoms with Gasteiger partial charge in [0.2, 0.25) is 0 Å². The molecule has 1 unspecified atom stereocenters. The molecule has 0 radical (unpaired) electrons. The SMILES string of the molecule is CCOC(=O)C(C)(C)C(=O)C1CCCCS1. The number of esters is 1. The summed E-state index contributed by atoms with van der Waals surface area (Å²) in [7, 11) is 0. The fourth-order valence-electron chi connectivity index (χ4n) is 1.76. The van der Waals surface area contributed by atoms with Crippen molar-refractivity contribution in [3.05, 3.63) is 0 Å². The molecule has 0 saturated carbocycles. The third-order valence-electron chi connectivity index (χ3n) is 2.87. The van der Waals surface area contributed by atoms with Gasteiger partial charge in [-0.1, -0.05) is 6.42 Å². The second-order valence-electron chi connectivity index (χ2n) is 4.56. The van der Waals surface area contributed by atoms with Gasteiger partial charge in [0.05, 0.1) is 11.9 Å². The van der Waals surface area contributed by atoms with Gasteiger partial charge in [-0.25, -0.2) is 0 Å². The Bertz CT molecular complexity index is 267. The van der Waals surface area contributed by atoms with Gasteiger partial charge in [0.15, 0.2) is 5.78 Å². The number of hydrogen-bond acceptors (Lipinski definition) is 4. The molecule has 1 heterocycles. The molecule has 4 heteroatoms. The van der Waals surface area contributed by atoms with Crippen LogP contribution in [-0.4, -0.2) is 29.4 Å². The maximum atomic E-state index is 12.2. The topological polar surface area (TPSA) is 43.4 Å². The van der Waals surface area contributed by atoms with E-state index in [1.54, 1.807) is 32.5 Å². The molecular weight excluding hydrogens is 224 g/mol. The van der Waals surface area contributed by atoms with Crippen LogP contribution in [0.15, 0.2) is 0 Å². The third kappa shape index (κ3) is 3.00. The zero-order valence-corrected chi connectivity index (χ0v) is 11.1. The van der Waals surface area contributed by atoms with Gasteiger partial charge in [0.1, 0.15) is 5.41 Å². The Balaban J connectivity index is 2.66.